The number of carbonyl (C=O) groups is 1. The van der Waals surface area contributed by atoms with Crippen molar-refractivity contribution in [1.82, 2.24) is 19.2 Å². The van der Waals surface area contributed by atoms with Crippen molar-refractivity contribution in [1.29, 1.82) is 0 Å². The molecule has 0 fully saturated rings. The smallest absolute Gasteiger partial charge is 0.292 e. The van der Waals surface area contributed by atoms with Crippen molar-refractivity contribution in [2.24, 2.45) is 0 Å². The Hall–Kier alpha value is -3.28. The average molecular weight is 402 g/mol. The molecule has 0 bridgehead atoms. The molecular weight excluding hydrogens is 376 g/mol. The van der Waals surface area contributed by atoms with Gasteiger partial charge in [-0.1, -0.05) is 31.5 Å². The second kappa shape index (κ2) is 7.86. The van der Waals surface area contributed by atoms with Gasteiger partial charge in [0, 0.05) is 17.4 Å². The Morgan fingerprint density at radius 3 is 2.53 bits per heavy atom. The number of para-hydroxylation sites is 1. The highest BCUT2D eigenvalue weighted by Gasteiger charge is 2.18. The standard InChI is InChI=1S/C24H26N4O2/c1-5-6-11-22-25-23-18-9-7-8-10-20(18)27(24(30)28(23)26-22)14-21(29)19-13-16(3)15(2)12-17(19)4/h7-10,12-13H,5-6,11,14H2,1-4H3. The minimum absolute atomic E-state index is 0.0389. The summed E-state index contributed by atoms with van der Waals surface area (Å²) in [5, 5.41) is 5.26. The topological polar surface area (TPSA) is 69.3 Å². The highest BCUT2D eigenvalue weighted by molar-refractivity contribution is 5.99. The molecule has 0 saturated heterocycles. The van der Waals surface area contributed by atoms with Crippen LogP contribution in [0.15, 0.2) is 41.2 Å². The van der Waals surface area contributed by atoms with E-state index in [1.807, 2.05) is 57.2 Å². The molecule has 6 heteroatoms. The third-order valence-corrected chi connectivity index (χ3v) is 5.70. The van der Waals surface area contributed by atoms with Crippen LogP contribution in [0, 0.1) is 20.8 Å². The number of hydrogen-bond donors (Lipinski definition) is 0. The second-order valence-corrected chi connectivity index (χ2v) is 7.93. The van der Waals surface area contributed by atoms with Crippen LogP contribution in [0.4, 0.5) is 0 Å². The van der Waals surface area contributed by atoms with Gasteiger partial charge in [-0.15, -0.1) is 5.10 Å². The first-order chi connectivity index (χ1) is 14.4. The predicted octanol–water partition coefficient (Wildman–Crippen LogP) is 4.19. The van der Waals surface area contributed by atoms with Crippen LogP contribution in [0.5, 0.6) is 0 Å². The number of rotatable bonds is 6. The highest BCUT2D eigenvalue weighted by atomic mass is 16.2. The normalized spacial score (nSPS) is 11.5. The number of carbonyl (C=O) groups excluding carboxylic acids is 1. The van der Waals surface area contributed by atoms with Crippen LogP contribution >= 0.6 is 0 Å². The minimum Gasteiger partial charge on any atom is -0.292 e. The van der Waals surface area contributed by atoms with Gasteiger partial charge in [0.2, 0.25) is 0 Å². The first kappa shape index (κ1) is 20.0. The van der Waals surface area contributed by atoms with E-state index in [4.69, 9.17) is 0 Å². The molecule has 0 atom stereocenters. The fourth-order valence-electron chi connectivity index (χ4n) is 3.86. The molecule has 4 aromatic rings. The third-order valence-electron chi connectivity index (χ3n) is 5.70. The number of ketones is 1. The molecule has 0 N–H and O–H groups in total. The summed E-state index contributed by atoms with van der Waals surface area (Å²) in [6.45, 7) is 8.03. The van der Waals surface area contributed by atoms with Crippen molar-refractivity contribution in [3.63, 3.8) is 0 Å². The highest BCUT2D eigenvalue weighted by Crippen LogP contribution is 2.20. The van der Waals surface area contributed by atoms with Crippen LogP contribution in [0.25, 0.3) is 16.6 Å². The Morgan fingerprint density at radius 1 is 1.03 bits per heavy atom. The Morgan fingerprint density at radius 2 is 1.77 bits per heavy atom. The quantitative estimate of drug-likeness (QED) is 0.453. The maximum absolute atomic E-state index is 13.3. The number of aryl methyl sites for hydroxylation is 4. The molecule has 0 spiro atoms. The van der Waals surface area contributed by atoms with Gasteiger partial charge >= 0.3 is 5.69 Å². The molecule has 2 aromatic heterocycles. The molecular formula is C24H26N4O2. The molecule has 0 saturated carbocycles. The Bertz CT molecular complexity index is 1330. The zero-order chi connectivity index (χ0) is 21.4. The van der Waals surface area contributed by atoms with E-state index in [1.165, 1.54) is 9.08 Å². The number of hydrogen-bond acceptors (Lipinski definition) is 4. The first-order valence-electron chi connectivity index (χ1n) is 10.4. The number of fused-ring (bicyclic) bond motifs is 3. The fourth-order valence-corrected chi connectivity index (χ4v) is 3.86. The molecule has 2 aromatic carbocycles. The van der Waals surface area contributed by atoms with Crippen molar-refractivity contribution < 1.29 is 4.79 Å². The number of unbranched alkanes of at least 4 members (excludes halogenated alkanes) is 1. The first-order valence-corrected chi connectivity index (χ1v) is 10.4. The summed E-state index contributed by atoms with van der Waals surface area (Å²) < 4.78 is 2.85. The van der Waals surface area contributed by atoms with Gasteiger partial charge in [0.1, 0.15) is 0 Å². The number of aromatic nitrogens is 4. The lowest BCUT2D eigenvalue weighted by Gasteiger charge is -2.13. The van der Waals surface area contributed by atoms with Crippen LogP contribution in [0.1, 0.15) is 52.6 Å². The second-order valence-electron chi connectivity index (χ2n) is 7.93. The van der Waals surface area contributed by atoms with Crippen molar-refractivity contribution in [3.05, 3.63) is 75.0 Å². The summed E-state index contributed by atoms with van der Waals surface area (Å²) in [6, 6.07) is 11.5. The van der Waals surface area contributed by atoms with Gasteiger partial charge in [0.15, 0.2) is 17.3 Å². The molecule has 0 radical (unpaired) electrons. The van der Waals surface area contributed by atoms with E-state index in [1.54, 1.807) is 0 Å². The minimum atomic E-state index is -0.339. The maximum Gasteiger partial charge on any atom is 0.351 e. The molecule has 0 aliphatic carbocycles. The van der Waals surface area contributed by atoms with E-state index in [0.717, 1.165) is 41.3 Å². The van der Waals surface area contributed by atoms with E-state index < -0.39 is 0 Å². The lowest BCUT2D eigenvalue weighted by Crippen LogP contribution is -2.30. The van der Waals surface area contributed by atoms with Crippen molar-refractivity contribution in [2.45, 2.75) is 53.5 Å². The lowest BCUT2D eigenvalue weighted by atomic mass is 9.98. The van der Waals surface area contributed by atoms with Gasteiger partial charge in [0.05, 0.1) is 12.1 Å². The zero-order valence-corrected chi connectivity index (χ0v) is 17.9. The third kappa shape index (κ3) is 3.43. The van der Waals surface area contributed by atoms with E-state index in [-0.39, 0.29) is 18.0 Å². The van der Waals surface area contributed by atoms with Crippen LogP contribution in [0.2, 0.25) is 0 Å². The molecule has 0 unspecified atom stereocenters. The largest absolute Gasteiger partial charge is 0.351 e. The van der Waals surface area contributed by atoms with Crippen molar-refractivity contribution >= 4 is 22.3 Å². The van der Waals surface area contributed by atoms with E-state index in [2.05, 4.69) is 17.0 Å². The number of benzene rings is 2. The summed E-state index contributed by atoms with van der Waals surface area (Å²) in [4.78, 5) is 31.1. The summed E-state index contributed by atoms with van der Waals surface area (Å²) in [7, 11) is 0. The number of Topliss-reactive ketones (excluding diaryl/α,β-unsaturated/α-hetero) is 1. The van der Waals surface area contributed by atoms with Crippen LogP contribution in [0.3, 0.4) is 0 Å². The zero-order valence-electron chi connectivity index (χ0n) is 17.9. The van der Waals surface area contributed by atoms with Gasteiger partial charge < -0.3 is 0 Å². The molecule has 2 heterocycles. The molecule has 154 valence electrons. The molecule has 4 rings (SSSR count). The van der Waals surface area contributed by atoms with Gasteiger partial charge in [-0.05, 0) is 62.1 Å². The van der Waals surface area contributed by atoms with Gasteiger partial charge in [0.25, 0.3) is 0 Å². The summed E-state index contributed by atoms with van der Waals surface area (Å²) in [5.41, 5.74) is 4.69. The molecule has 0 aliphatic heterocycles. The Balaban J connectivity index is 1.86. The van der Waals surface area contributed by atoms with Gasteiger partial charge in [-0.25, -0.2) is 9.78 Å². The van der Waals surface area contributed by atoms with Crippen LogP contribution < -0.4 is 5.69 Å². The van der Waals surface area contributed by atoms with E-state index in [9.17, 15) is 9.59 Å². The average Bonchev–Trinajstić information content (AvgIpc) is 3.16. The maximum atomic E-state index is 13.3. The van der Waals surface area contributed by atoms with Gasteiger partial charge in [-0.2, -0.15) is 4.52 Å². The summed E-state index contributed by atoms with van der Waals surface area (Å²) in [6.07, 6.45) is 2.73. The Kier molecular flexibility index (Phi) is 5.24. The molecule has 30 heavy (non-hydrogen) atoms. The number of nitrogens with zero attached hydrogens (tertiary/aromatic N) is 4. The fraction of sp³-hybridized carbons (Fsp3) is 0.333. The van der Waals surface area contributed by atoms with Crippen LogP contribution in [-0.2, 0) is 13.0 Å². The van der Waals surface area contributed by atoms with Crippen LogP contribution in [-0.4, -0.2) is 24.9 Å². The Labute approximate surface area is 175 Å². The molecule has 0 amide bonds. The van der Waals surface area contributed by atoms with E-state index >= 15 is 0 Å². The van der Waals surface area contributed by atoms with Crippen molar-refractivity contribution in [3.8, 4) is 0 Å². The molecule has 0 aliphatic rings. The SMILES string of the molecule is CCCCc1nc2c3ccccc3n(CC(=O)c3cc(C)c(C)cc3C)c(=O)n2n1. The van der Waals surface area contributed by atoms with Crippen molar-refractivity contribution in [2.75, 3.05) is 0 Å². The monoisotopic (exact) mass is 402 g/mol. The summed E-state index contributed by atoms with van der Waals surface area (Å²) >= 11 is 0. The summed E-state index contributed by atoms with van der Waals surface area (Å²) in [5.74, 6) is 0.571. The lowest BCUT2D eigenvalue weighted by molar-refractivity contribution is 0.0971. The van der Waals surface area contributed by atoms with Gasteiger partial charge in [-0.3, -0.25) is 9.36 Å². The van der Waals surface area contributed by atoms with E-state index in [0.29, 0.717) is 22.6 Å². The predicted molar refractivity (Wildman–Crippen MR) is 118 cm³/mol. The molecule has 6 nitrogen and oxygen atoms in total.